The number of carbonyl (C=O) groups excluding carboxylic acids is 2. The van der Waals surface area contributed by atoms with Crippen LogP contribution in [0.5, 0.6) is 0 Å². The molecule has 1 fully saturated rings. The Bertz CT molecular complexity index is 187. The molecule has 1 heterocycles. The molecule has 1 aliphatic rings. The molecule has 0 spiro atoms. The molecule has 0 radical (unpaired) electrons. The number of hydrogen-bond donors (Lipinski definition) is 1. The van der Waals surface area contributed by atoms with Crippen molar-refractivity contribution in [3.63, 3.8) is 0 Å². The molecule has 0 aliphatic carbocycles. The Morgan fingerprint density at radius 1 is 1.64 bits per heavy atom. The molecule has 0 unspecified atom stereocenters. The largest absolute Gasteiger partial charge is 0.552 e. The molecule has 1 rings (SSSR count). The molecule has 0 aromatic heterocycles. The molecular weight excluding hydrogens is 372 g/mol. The Morgan fingerprint density at radius 3 is 2.43 bits per heavy atom. The van der Waals surface area contributed by atoms with E-state index < -0.39 is 11.7 Å². The van der Waals surface area contributed by atoms with E-state index in [1.807, 2.05) is 6.61 Å². The average molecular weight is 381 g/mol. The summed E-state index contributed by atoms with van der Waals surface area (Å²) in [5, 5.41) is 1.36. The molecule has 0 aromatic rings. The number of hydrogen-bond acceptors (Lipinski definition) is 3. The van der Waals surface area contributed by atoms with Gasteiger partial charge in [-0.2, -0.15) is 6.42 Å². The van der Waals surface area contributed by atoms with Crippen LogP contribution in [-0.4, -0.2) is 18.9 Å². The molecule has 1 saturated heterocycles. The van der Waals surface area contributed by atoms with Crippen LogP contribution in [0.3, 0.4) is 0 Å². The molecular formula is C8H9FNO3Pt-3. The quantitative estimate of drug-likeness (QED) is 0.429. The fourth-order valence-electron chi connectivity index (χ4n) is 0.523. The first kappa shape index (κ1) is 15.9. The van der Waals surface area contributed by atoms with Gasteiger partial charge >= 0.3 is 0 Å². The maximum absolute atomic E-state index is 11.4. The molecule has 0 atom stereocenters. The minimum absolute atomic E-state index is 0. The van der Waals surface area contributed by atoms with Gasteiger partial charge in [0, 0.05) is 33.5 Å². The van der Waals surface area contributed by atoms with Gasteiger partial charge in [-0.3, -0.25) is 6.58 Å². The third-order valence-corrected chi connectivity index (χ3v) is 1.08. The molecule has 0 saturated carbocycles. The standard InChI is InChI=1S/C4H2FNO2.C4H7O.Pt/c1-3(5)4(8)6-2-7;1-2-4-5-3-1;/h1H,(H,6,7,8);3H,1-2,4H2;/q-2;-1;. The number of halogens is 1. The Labute approximate surface area is 96.1 Å². The van der Waals surface area contributed by atoms with E-state index in [-0.39, 0.29) is 21.1 Å². The van der Waals surface area contributed by atoms with Gasteiger partial charge in [0.1, 0.15) is 5.91 Å². The maximum atomic E-state index is 11.4. The van der Waals surface area contributed by atoms with Crippen LogP contribution in [0.25, 0.3) is 0 Å². The fraction of sp³-hybridized carbons (Fsp3) is 0.375. The summed E-state index contributed by atoms with van der Waals surface area (Å²) in [6, 6.07) is 0. The SMILES string of the molecule is [CH-]1CCCO1.[CH-]=C(F)C(=O)N[C-]=O.[Pt]. The first-order chi connectivity index (χ1) is 6.18. The Kier molecular flexibility index (Phi) is 12.0. The van der Waals surface area contributed by atoms with Gasteiger partial charge < -0.3 is 19.6 Å². The minimum atomic E-state index is -1.45. The monoisotopic (exact) mass is 381 g/mol. The smallest absolute Gasteiger partial charge is 0.108 e. The fourth-order valence-corrected chi connectivity index (χ4v) is 0.523. The van der Waals surface area contributed by atoms with Crippen molar-refractivity contribution >= 4 is 12.3 Å². The molecule has 1 N–H and O–H groups in total. The van der Waals surface area contributed by atoms with Gasteiger partial charge in [0.15, 0.2) is 0 Å². The Balaban J connectivity index is 0. The zero-order valence-corrected chi connectivity index (χ0v) is 9.47. The van der Waals surface area contributed by atoms with Crippen molar-refractivity contribution in [2.75, 3.05) is 6.61 Å². The van der Waals surface area contributed by atoms with Crippen LogP contribution in [0.2, 0.25) is 0 Å². The van der Waals surface area contributed by atoms with Crippen molar-refractivity contribution in [1.82, 2.24) is 5.32 Å². The zero-order chi connectivity index (χ0) is 10.1. The summed E-state index contributed by atoms with van der Waals surface area (Å²) >= 11 is 0. The van der Waals surface area contributed by atoms with Gasteiger partial charge in [-0.15, -0.1) is 0 Å². The molecule has 1 aliphatic heterocycles. The van der Waals surface area contributed by atoms with Gasteiger partial charge in [-0.1, -0.05) is 6.42 Å². The predicted octanol–water partition coefficient (Wildman–Crippen LogP) is 0.412. The van der Waals surface area contributed by atoms with Crippen LogP contribution in [-0.2, 0) is 35.4 Å². The Hall–Kier alpha value is -0.542. The third-order valence-electron chi connectivity index (χ3n) is 1.08. The van der Waals surface area contributed by atoms with E-state index in [1.54, 1.807) is 0 Å². The van der Waals surface area contributed by atoms with Crippen LogP contribution >= 0.6 is 0 Å². The van der Waals surface area contributed by atoms with E-state index >= 15 is 0 Å². The summed E-state index contributed by atoms with van der Waals surface area (Å²) in [6.07, 6.45) is 3.33. The third kappa shape index (κ3) is 9.55. The summed E-state index contributed by atoms with van der Waals surface area (Å²) in [5.41, 5.74) is 0. The number of nitrogens with one attached hydrogen (secondary N) is 1. The van der Waals surface area contributed by atoms with Gasteiger partial charge in [-0.25, -0.2) is 11.0 Å². The summed E-state index contributed by atoms with van der Waals surface area (Å²) in [6.45, 7) is 7.09. The van der Waals surface area contributed by atoms with Crippen LogP contribution < -0.4 is 5.32 Å². The van der Waals surface area contributed by atoms with Crippen molar-refractivity contribution in [2.45, 2.75) is 12.8 Å². The predicted molar refractivity (Wildman–Crippen MR) is 42.2 cm³/mol. The summed E-state index contributed by atoms with van der Waals surface area (Å²) in [7, 11) is 0. The zero-order valence-electron chi connectivity index (χ0n) is 7.19. The first-order valence-corrected chi connectivity index (χ1v) is 3.57. The van der Waals surface area contributed by atoms with Crippen LogP contribution in [0.4, 0.5) is 4.39 Å². The molecule has 84 valence electrons. The second kappa shape index (κ2) is 10.5. The van der Waals surface area contributed by atoms with Crippen molar-refractivity contribution in [3.8, 4) is 0 Å². The van der Waals surface area contributed by atoms with E-state index in [2.05, 4.69) is 6.58 Å². The van der Waals surface area contributed by atoms with E-state index in [0.717, 1.165) is 19.4 Å². The summed E-state index contributed by atoms with van der Waals surface area (Å²) in [4.78, 5) is 19.1. The molecule has 0 aromatic carbocycles. The number of carbonyl (C=O) groups is 1. The van der Waals surface area contributed by atoms with Crippen molar-refractivity contribution < 1.29 is 39.8 Å². The van der Waals surface area contributed by atoms with Crippen molar-refractivity contribution in [2.24, 2.45) is 0 Å². The van der Waals surface area contributed by atoms with Gasteiger partial charge in [0.25, 0.3) is 0 Å². The number of amides is 2. The Morgan fingerprint density at radius 2 is 2.29 bits per heavy atom. The minimum Gasteiger partial charge on any atom is -0.552 e. The maximum Gasteiger partial charge on any atom is 0.108 e. The van der Waals surface area contributed by atoms with Gasteiger partial charge in [0.05, 0.1) is 6.41 Å². The van der Waals surface area contributed by atoms with Crippen LogP contribution in [0.1, 0.15) is 12.8 Å². The van der Waals surface area contributed by atoms with E-state index in [9.17, 15) is 14.0 Å². The number of imide groups is 1. The van der Waals surface area contributed by atoms with E-state index in [4.69, 9.17) is 4.74 Å². The van der Waals surface area contributed by atoms with Crippen molar-refractivity contribution in [1.29, 1.82) is 0 Å². The van der Waals surface area contributed by atoms with Crippen LogP contribution in [0, 0.1) is 13.2 Å². The summed E-state index contributed by atoms with van der Waals surface area (Å²) in [5.74, 6) is -2.71. The molecule has 6 heteroatoms. The molecule has 0 bridgehead atoms. The summed E-state index contributed by atoms with van der Waals surface area (Å²) < 4.78 is 16.2. The van der Waals surface area contributed by atoms with E-state index in [1.165, 1.54) is 11.7 Å². The van der Waals surface area contributed by atoms with Gasteiger partial charge in [0.2, 0.25) is 0 Å². The second-order valence-electron chi connectivity index (χ2n) is 2.08. The van der Waals surface area contributed by atoms with Gasteiger partial charge in [-0.05, 0) is 0 Å². The number of ether oxygens (including phenoxy) is 1. The van der Waals surface area contributed by atoms with E-state index in [0.29, 0.717) is 0 Å². The molecule has 4 nitrogen and oxygen atoms in total. The molecule has 2 amide bonds. The average Bonchev–Trinajstić information content (AvgIpc) is 2.61. The first-order valence-electron chi connectivity index (χ1n) is 3.57. The van der Waals surface area contributed by atoms with Crippen LogP contribution in [0.15, 0.2) is 5.83 Å². The topological polar surface area (TPSA) is 55.4 Å². The molecule has 14 heavy (non-hydrogen) atoms. The number of rotatable bonds is 2. The second-order valence-corrected chi connectivity index (χ2v) is 2.08. The van der Waals surface area contributed by atoms with Crippen molar-refractivity contribution in [3.05, 3.63) is 19.0 Å². The normalized spacial score (nSPS) is 12.9.